The Morgan fingerprint density at radius 2 is 2.10 bits per heavy atom. The van der Waals surface area contributed by atoms with Crippen LogP contribution in [0.2, 0.25) is 0 Å². The van der Waals surface area contributed by atoms with E-state index in [-0.39, 0.29) is 0 Å². The molecule has 0 bridgehead atoms. The number of H-pyrrole nitrogens is 1. The molecule has 2 N–H and O–H groups in total. The van der Waals surface area contributed by atoms with Gasteiger partial charge in [-0.3, -0.25) is 5.10 Å². The number of aromatic amines is 1. The molecule has 0 radical (unpaired) electrons. The third kappa shape index (κ3) is 1.80. The topological polar surface area (TPSA) is 53.6 Å². The van der Waals surface area contributed by atoms with Crippen LogP contribution in [0.25, 0.3) is 20.4 Å². The zero-order valence-electron chi connectivity index (χ0n) is 11.8. The van der Waals surface area contributed by atoms with E-state index in [1.165, 1.54) is 41.3 Å². The molecule has 0 amide bonds. The molecule has 104 valence electrons. The Morgan fingerprint density at radius 1 is 1.30 bits per heavy atom. The van der Waals surface area contributed by atoms with E-state index in [0.717, 1.165) is 21.9 Å². The third-order valence-electron chi connectivity index (χ3n) is 4.18. The van der Waals surface area contributed by atoms with E-state index >= 15 is 0 Å². The zero-order chi connectivity index (χ0) is 13.7. The molecule has 1 aliphatic carbocycles. The second kappa shape index (κ2) is 4.45. The molecular formula is C15H18N4S. The molecule has 1 saturated carbocycles. The Balaban J connectivity index is 1.85. The second-order valence-electron chi connectivity index (χ2n) is 5.76. The van der Waals surface area contributed by atoms with Crippen LogP contribution in [0, 0.1) is 13.8 Å². The van der Waals surface area contributed by atoms with Gasteiger partial charge < -0.3 is 5.32 Å². The molecule has 1 aliphatic rings. The fourth-order valence-corrected chi connectivity index (χ4v) is 4.44. The number of hydrogen-bond donors (Lipinski definition) is 2. The first kappa shape index (κ1) is 12.1. The number of nitrogens with one attached hydrogen (secondary N) is 2. The Labute approximate surface area is 121 Å². The van der Waals surface area contributed by atoms with Crippen molar-refractivity contribution >= 4 is 37.6 Å². The Hall–Kier alpha value is -1.62. The zero-order valence-corrected chi connectivity index (χ0v) is 12.6. The van der Waals surface area contributed by atoms with Crippen LogP contribution in [-0.4, -0.2) is 21.2 Å². The number of rotatable bonds is 2. The van der Waals surface area contributed by atoms with Gasteiger partial charge in [-0.25, -0.2) is 4.98 Å². The average molecular weight is 286 g/mol. The summed E-state index contributed by atoms with van der Waals surface area (Å²) in [5.41, 5.74) is 3.49. The summed E-state index contributed by atoms with van der Waals surface area (Å²) in [6.07, 6.45) is 5.18. The van der Waals surface area contributed by atoms with E-state index in [4.69, 9.17) is 0 Å². The number of nitrogens with zero attached hydrogens (tertiary/aromatic N) is 2. The Bertz CT molecular complexity index is 780. The van der Waals surface area contributed by atoms with E-state index in [1.807, 2.05) is 0 Å². The highest BCUT2D eigenvalue weighted by Crippen LogP contribution is 2.38. The van der Waals surface area contributed by atoms with Crippen molar-refractivity contribution in [2.75, 3.05) is 5.32 Å². The lowest BCUT2D eigenvalue weighted by Crippen LogP contribution is -2.14. The van der Waals surface area contributed by atoms with Gasteiger partial charge in [0.25, 0.3) is 0 Å². The van der Waals surface area contributed by atoms with E-state index < -0.39 is 0 Å². The molecule has 0 atom stereocenters. The quantitative estimate of drug-likeness (QED) is 0.744. The number of aryl methyl sites for hydroxylation is 2. The number of pyridine rings is 1. The van der Waals surface area contributed by atoms with Crippen molar-refractivity contribution in [2.45, 2.75) is 45.6 Å². The first-order valence-corrected chi connectivity index (χ1v) is 8.05. The molecule has 0 unspecified atom stereocenters. The summed E-state index contributed by atoms with van der Waals surface area (Å²) < 4.78 is 1.22. The molecule has 3 heterocycles. The van der Waals surface area contributed by atoms with E-state index in [9.17, 15) is 0 Å². The normalized spacial score (nSPS) is 16.5. The molecule has 3 aromatic heterocycles. The van der Waals surface area contributed by atoms with Gasteiger partial charge in [-0.2, -0.15) is 5.10 Å². The molecule has 4 rings (SSSR count). The molecule has 0 saturated heterocycles. The van der Waals surface area contributed by atoms with Crippen molar-refractivity contribution < 1.29 is 0 Å². The SMILES string of the molecule is Cc1cc(C)c2c(n1)sc1c(NC3CCCC3)n[nH]c12. The van der Waals surface area contributed by atoms with E-state index in [0.29, 0.717) is 6.04 Å². The number of fused-ring (bicyclic) bond motifs is 3. The molecule has 0 aromatic carbocycles. The van der Waals surface area contributed by atoms with Gasteiger partial charge in [0.15, 0.2) is 5.82 Å². The van der Waals surface area contributed by atoms with Crippen LogP contribution in [0.15, 0.2) is 6.07 Å². The van der Waals surface area contributed by atoms with E-state index in [2.05, 4.69) is 40.4 Å². The standard InChI is InChI=1S/C15H18N4S/c1-8-7-9(2)16-15-11(8)12-13(20-15)14(19-18-12)17-10-5-3-4-6-10/h7,10H,3-6H2,1-2H3,(H2,17,18,19). The van der Waals surface area contributed by atoms with Gasteiger partial charge >= 0.3 is 0 Å². The molecular weight excluding hydrogens is 268 g/mol. The number of hydrogen-bond acceptors (Lipinski definition) is 4. The van der Waals surface area contributed by atoms with Crippen LogP contribution < -0.4 is 5.32 Å². The summed E-state index contributed by atoms with van der Waals surface area (Å²) in [5.74, 6) is 1.01. The highest BCUT2D eigenvalue weighted by atomic mass is 32.1. The van der Waals surface area contributed by atoms with Gasteiger partial charge in [-0.15, -0.1) is 11.3 Å². The van der Waals surface area contributed by atoms with Crippen LogP contribution in [0.3, 0.4) is 0 Å². The van der Waals surface area contributed by atoms with Gasteiger partial charge in [0, 0.05) is 17.1 Å². The lowest BCUT2D eigenvalue weighted by Gasteiger charge is -2.09. The monoisotopic (exact) mass is 286 g/mol. The smallest absolute Gasteiger partial charge is 0.166 e. The number of anilines is 1. The predicted octanol–water partition coefficient (Wildman–Crippen LogP) is 4.14. The molecule has 0 spiro atoms. The first-order chi connectivity index (χ1) is 9.72. The van der Waals surface area contributed by atoms with Gasteiger partial charge in [0.2, 0.25) is 0 Å². The van der Waals surface area contributed by atoms with Crippen LogP contribution in [-0.2, 0) is 0 Å². The number of aromatic nitrogens is 3. The summed E-state index contributed by atoms with van der Waals surface area (Å²) in [7, 11) is 0. The van der Waals surface area contributed by atoms with Crippen molar-refractivity contribution in [1.29, 1.82) is 0 Å². The Kier molecular flexibility index (Phi) is 2.70. The van der Waals surface area contributed by atoms with Gasteiger partial charge in [0.05, 0.1) is 10.2 Å². The summed E-state index contributed by atoms with van der Waals surface area (Å²) in [5, 5.41) is 12.5. The predicted molar refractivity (Wildman–Crippen MR) is 84.6 cm³/mol. The van der Waals surface area contributed by atoms with Crippen LogP contribution in [0.5, 0.6) is 0 Å². The third-order valence-corrected chi connectivity index (χ3v) is 5.27. The summed E-state index contributed by atoms with van der Waals surface area (Å²) in [6, 6.07) is 2.72. The van der Waals surface area contributed by atoms with Crippen LogP contribution in [0.4, 0.5) is 5.82 Å². The van der Waals surface area contributed by atoms with Crippen LogP contribution >= 0.6 is 11.3 Å². The molecule has 1 fully saturated rings. The molecule has 3 aromatic rings. The summed E-state index contributed by atoms with van der Waals surface area (Å²) in [6.45, 7) is 4.20. The minimum Gasteiger partial charge on any atom is -0.365 e. The largest absolute Gasteiger partial charge is 0.365 e. The minimum absolute atomic E-state index is 0.586. The Morgan fingerprint density at radius 3 is 2.90 bits per heavy atom. The summed E-state index contributed by atoms with van der Waals surface area (Å²) >= 11 is 1.74. The maximum absolute atomic E-state index is 4.66. The number of thiophene rings is 1. The lowest BCUT2D eigenvalue weighted by molar-refractivity contribution is 0.750. The molecule has 0 aliphatic heterocycles. The molecule has 5 heteroatoms. The summed E-state index contributed by atoms with van der Waals surface area (Å²) in [4.78, 5) is 5.77. The van der Waals surface area contributed by atoms with Crippen molar-refractivity contribution in [3.05, 3.63) is 17.3 Å². The average Bonchev–Trinajstić information content (AvgIpc) is 3.07. The first-order valence-electron chi connectivity index (χ1n) is 7.24. The lowest BCUT2D eigenvalue weighted by atomic mass is 10.1. The van der Waals surface area contributed by atoms with Gasteiger partial charge in [0.1, 0.15) is 4.83 Å². The second-order valence-corrected chi connectivity index (χ2v) is 6.76. The highest BCUT2D eigenvalue weighted by Gasteiger charge is 2.20. The molecule has 4 nitrogen and oxygen atoms in total. The van der Waals surface area contributed by atoms with E-state index in [1.54, 1.807) is 11.3 Å². The fraction of sp³-hybridized carbons (Fsp3) is 0.467. The minimum atomic E-state index is 0.586. The van der Waals surface area contributed by atoms with Crippen molar-refractivity contribution in [3.8, 4) is 0 Å². The maximum Gasteiger partial charge on any atom is 0.166 e. The highest BCUT2D eigenvalue weighted by molar-refractivity contribution is 7.26. The fourth-order valence-electron chi connectivity index (χ4n) is 3.24. The molecule has 20 heavy (non-hydrogen) atoms. The maximum atomic E-state index is 4.66. The van der Waals surface area contributed by atoms with Crippen molar-refractivity contribution in [2.24, 2.45) is 0 Å². The van der Waals surface area contributed by atoms with Gasteiger partial charge in [-0.1, -0.05) is 12.8 Å². The van der Waals surface area contributed by atoms with Crippen molar-refractivity contribution in [3.63, 3.8) is 0 Å². The van der Waals surface area contributed by atoms with Crippen molar-refractivity contribution in [1.82, 2.24) is 15.2 Å². The van der Waals surface area contributed by atoms with Crippen LogP contribution in [0.1, 0.15) is 36.9 Å². The van der Waals surface area contributed by atoms with Gasteiger partial charge in [-0.05, 0) is 38.3 Å².